The Morgan fingerprint density at radius 1 is 1.10 bits per heavy atom. The van der Waals surface area contributed by atoms with Crippen LogP contribution in [-0.4, -0.2) is 42.0 Å². The molecule has 1 aromatic rings. The maximum Gasteiger partial charge on any atom is 0.0409 e. The summed E-state index contributed by atoms with van der Waals surface area (Å²) in [5.41, 5.74) is 1.34. The Kier molecular flexibility index (Phi) is 5.20. The maximum atomic E-state index is 6.08. The van der Waals surface area contributed by atoms with E-state index in [1.54, 1.807) is 0 Å². The summed E-state index contributed by atoms with van der Waals surface area (Å²) in [6.45, 7) is 8.33. The average Bonchev–Trinajstić information content (AvgIpc) is 2.49. The zero-order valence-corrected chi connectivity index (χ0v) is 13.9. The summed E-state index contributed by atoms with van der Waals surface area (Å²) in [5.74, 6) is 0.887. The zero-order chi connectivity index (χ0) is 14.7. The predicted octanol–water partition coefficient (Wildman–Crippen LogP) is 4.04. The highest BCUT2D eigenvalue weighted by molar-refractivity contribution is 6.30. The first-order valence-electron chi connectivity index (χ1n) is 8.43. The second kappa shape index (κ2) is 7.13. The van der Waals surface area contributed by atoms with Crippen LogP contribution in [0.2, 0.25) is 5.02 Å². The predicted molar refractivity (Wildman–Crippen MR) is 89.7 cm³/mol. The highest BCUT2D eigenvalue weighted by Crippen LogP contribution is 2.28. The van der Waals surface area contributed by atoms with Crippen molar-refractivity contribution in [3.63, 3.8) is 0 Å². The molecule has 0 N–H and O–H groups in total. The summed E-state index contributed by atoms with van der Waals surface area (Å²) in [5, 5.41) is 0.849. The summed E-state index contributed by atoms with van der Waals surface area (Å²) in [6.07, 6.45) is 5.70. The topological polar surface area (TPSA) is 6.48 Å². The molecule has 0 radical (unpaired) electrons. The van der Waals surface area contributed by atoms with Crippen molar-refractivity contribution in [2.75, 3.05) is 26.2 Å². The van der Waals surface area contributed by atoms with E-state index >= 15 is 0 Å². The molecule has 0 amide bonds. The first kappa shape index (κ1) is 15.3. The van der Waals surface area contributed by atoms with Gasteiger partial charge in [0.1, 0.15) is 0 Å². The lowest BCUT2D eigenvalue weighted by Crippen LogP contribution is -2.52. The van der Waals surface area contributed by atoms with Crippen LogP contribution < -0.4 is 0 Å². The van der Waals surface area contributed by atoms with Crippen LogP contribution in [-0.2, 0) is 6.54 Å². The van der Waals surface area contributed by atoms with E-state index in [1.165, 1.54) is 57.4 Å². The van der Waals surface area contributed by atoms with E-state index in [-0.39, 0.29) is 0 Å². The molecule has 2 nitrogen and oxygen atoms in total. The van der Waals surface area contributed by atoms with E-state index < -0.39 is 0 Å². The van der Waals surface area contributed by atoms with Crippen molar-refractivity contribution in [2.24, 2.45) is 5.92 Å². The van der Waals surface area contributed by atoms with E-state index in [1.807, 2.05) is 6.07 Å². The molecule has 3 rings (SSSR count). The van der Waals surface area contributed by atoms with Crippen LogP contribution in [0.1, 0.15) is 38.2 Å². The lowest BCUT2D eigenvalue weighted by Gasteiger charge is -2.43. The Balaban J connectivity index is 1.50. The quantitative estimate of drug-likeness (QED) is 0.831. The van der Waals surface area contributed by atoms with Gasteiger partial charge in [-0.25, -0.2) is 0 Å². The molecule has 0 bridgehead atoms. The molecule has 2 atom stereocenters. The summed E-state index contributed by atoms with van der Waals surface area (Å²) in [7, 11) is 0. The van der Waals surface area contributed by atoms with Gasteiger partial charge in [-0.2, -0.15) is 0 Å². The monoisotopic (exact) mass is 306 g/mol. The fourth-order valence-electron chi connectivity index (χ4n) is 3.99. The summed E-state index contributed by atoms with van der Waals surface area (Å²) in [6, 6.07) is 9.12. The lowest BCUT2D eigenvalue weighted by atomic mass is 9.84. The minimum atomic E-state index is 0.840. The molecule has 0 spiro atoms. The molecule has 2 aliphatic rings. The molecule has 1 aromatic carbocycles. The third kappa shape index (κ3) is 4.00. The van der Waals surface area contributed by atoms with Gasteiger partial charge in [0.2, 0.25) is 0 Å². The number of rotatable bonds is 3. The molecule has 1 aliphatic carbocycles. The highest BCUT2D eigenvalue weighted by atomic mass is 35.5. The van der Waals surface area contributed by atoms with Crippen LogP contribution in [0.15, 0.2) is 24.3 Å². The fourth-order valence-corrected chi connectivity index (χ4v) is 4.20. The van der Waals surface area contributed by atoms with E-state index in [4.69, 9.17) is 11.6 Å². The first-order chi connectivity index (χ1) is 10.2. The van der Waals surface area contributed by atoms with Crippen molar-refractivity contribution in [1.82, 2.24) is 9.80 Å². The molecule has 21 heavy (non-hydrogen) atoms. The Bertz CT molecular complexity index is 454. The maximum absolute atomic E-state index is 6.08. The van der Waals surface area contributed by atoms with Crippen molar-refractivity contribution in [1.29, 1.82) is 0 Å². The largest absolute Gasteiger partial charge is 0.298 e. The smallest absolute Gasteiger partial charge is 0.0409 e. The number of hydrogen-bond acceptors (Lipinski definition) is 2. The molecule has 0 aromatic heterocycles. The summed E-state index contributed by atoms with van der Waals surface area (Å²) in [4.78, 5) is 5.31. The van der Waals surface area contributed by atoms with Crippen LogP contribution in [0, 0.1) is 5.92 Å². The van der Waals surface area contributed by atoms with E-state index in [0.29, 0.717) is 0 Å². The molecule has 2 fully saturated rings. The lowest BCUT2D eigenvalue weighted by molar-refractivity contribution is 0.0518. The minimum Gasteiger partial charge on any atom is -0.298 e. The van der Waals surface area contributed by atoms with Crippen molar-refractivity contribution < 1.29 is 0 Å². The van der Waals surface area contributed by atoms with Crippen LogP contribution >= 0.6 is 11.6 Å². The van der Waals surface area contributed by atoms with E-state index in [9.17, 15) is 0 Å². The number of benzene rings is 1. The van der Waals surface area contributed by atoms with Crippen molar-refractivity contribution >= 4 is 11.6 Å². The SMILES string of the molecule is CC1CCCCC1N1CCN(Cc2cccc(Cl)c2)CC1. The molecule has 2 unspecified atom stereocenters. The summed E-state index contributed by atoms with van der Waals surface area (Å²) < 4.78 is 0. The normalized spacial score (nSPS) is 28.7. The van der Waals surface area contributed by atoms with E-state index in [2.05, 4.69) is 34.9 Å². The third-order valence-corrected chi connectivity index (χ3v) is 5.47. The minimum absolute atomic E-state index is 0.840. The van der Waals surface area contributed by atoms with Gasteiger partial charge >= 0.3 is 0 Å². The van der Waals surface area contributed by atoms with Crippen LogP contribution in [0.5, 0.6) is 0 Å². The van der Waals surface area contributed by atoms with Crippen LogP contribution in [0.25, 0.3) is 0 Å². The molecule has 1 saturated heterocycles. The summed E-state index contributed by atoms with van der Waals surface area (Å²) >= 11 is 6.08. The Morgan fingerprint density at radius 3 is 2.57 bits per heavy atom. The fraction of sp³-hybridized carbons (Fsp3) is 0.667. The van der Waals surface area contributed by atoms with Crippen molar-refractivity contribution in [3.05, 3.63) is 34.9 Å². The number of halogens is 1. The average molecular weight is 307 g/mol. The van der Waals surface area contributed by atoms with Crippen molar-refractivity contribution in [3.8, 4) is 0 Å². The molecular weight excluding hydrogens is 280 g/mol. The van der Waals surface area contributed by atoms with Gasteiger partial charge in [-0.05, 0) is 36.5 Å². The van der Waals surface area contributed by atoms with Crippen molar-refractivity contribution in [2.45, 2.75) is 45.2 Å². The molecule has 1 saturated carbocycles. The molecule has 3 heteroatoms. The Hall–Kier alpha value is -0.570. The van der Waals surface area contributed by atoms with Gasteiger partial charge in [0.05, 0.1) is 0 Å². The third-order valence-electron chi connectivity index (χ3n) is 5.24. The van der Waals surface area contributed by atoms with Crippen LogP contribution in [0.3, 0.4) is 0 Å². The Morgan fingerprint density at radius 2 is 1.86 bits per heavy atom. The van der Waals surface area contributed by atoms with Crippen LogP contribution in [0.4, 0.5) is 0 Å². The zero-order valence-electron chi connectivity index (χ0n) is 13.1. The Labute approximate surface area is 134 Å². The van der Waals surface area contributed by atoms with Gasteiger partial charge in [-0.15, -0.1) is 0 Å². The standard InChI is InChI=1S/C18H27ClN2/c1-15-5-2-3-8-18(15)21-11-9-20(10-12-21)14-16-6-4-7-17(19)13-16/h4,6-7,13,15,18H,2-3,5,8-12,14H2,1H3. The second-order valence-corrected chi connectivity index (χ2v) is 7.21. The molecular formula is C18H27ClN2. The second-order valence-electron chi connectivity index (χ2n) is 6.77. The van der Waals surface area contributed by atoms with Gasteiger partial charge in [0.15, 0.2) is 0 Å². The van der Waals surface area contributed by atoms with Gasteiger partial charge in [-0.3, -0.25) is 9.80 Å². The van der Waals surface area contributed by atoms with Gasteiger partial charge in [-0.1, -0.05) is 43.5 Å². The molecule has 1 heterocycles. The first-order valence-corrected chi connectivity index (χ1v) is 8.81. The molecule has 1 aliphatic heterocycles. The van der Waals surface area contributed by atoms with Gasteiger partial charge < -0.3 is 0 Å². The van der Waals surface area contributed by atoms with E-state index in [0.717, 1.165) is 23.5 Å². The number of hydrogen-bond donors (Lipinski definition) is 0. The van der Waals surface area contributed by atoms with Gasteiger partial charge in [0, 0.05) is 43.8 Å². The number of piperazine rings is 1. The highest BCUT2D eigenvalue weighted by Gasteiger charge is 2.29. The van der Waals surface area contributed by atoms with Gasteiger partial charge in [0.25, 0.3) is 0 Å². The molecule has 116 valence electrons. The number of nitrogens with zero attached hydrogens (tertiary/aromatic N) is 2.